The van der Waals surface area contributed by atoms with Gasteiger partial charge in [-0.3, -0.25) is 4.21 Å². The Balaban J connectivity index is 2.33. The topological polar surface area (TPSA) is 29.1 Å². The van der Waals surface area contributed by atoms with Gasteiger partial charge in [0.2, 0.25) is 0 Å². The molecule has 94 valence electrons. The first-order valence-corrected chi connectivity index (χ1v) is 7.97. The van der Waals surface area contributed by atoms with Crippen molar-refractivity contribution in [2.75, 3.05) is 5.75 Å². The Kier molecular flexibility index (Phi) is 3.76. The van der Waals surface area contributed by atoms with Crippen LogP contribution in [0.5, 0.6) is 0 Å². The zero-order chi connectivity index (χ0) is 12.6. The molecule has 17 heavy (non-hydrogen) atoms. The molecule has 2 rings (SSSR count). The number of rotatable bonds is 1. The second-order valence-corrected chi connectivity index (χ2v) is 8.00. The van der Waals surface area contributed by atoms with Gasteiger partial charge in [0.25, 0.3) is 0 Å². The fourth-order valence-electron chi connectivity index (χ4n) is 2.27. The third-order valence-corrected chi connectivity index (χ3v) is 5.74. The molecule has 1 aliphatic rings. The van der Waals surface area contributed by atoms with E-state index < -0.39 is 10.8 Å². The van der Waals surface area contributed by atoms with E-state index in [4.69, 9.17) is 0 Å². The van der Waals surface area contributed by atoms with Crippen LogP contribution in [0.25, 0.3) is 0 Å². The maximum atomic E-state index is 12.1. The van der Waals surface area contributed by atoms with Gasteiger partial charge in [-0.1, -0.05) is 28.1 Å². The van der Waals surface area contributed by atoms with Crippen molar-refractivity contribution in [1.29, 1.82) is 0 Å². The van der Waals surface area contributed by atoms with E-state index in [0.29, 0.717) is 0 Å². The van der Waals surface area contributed by atoms with Crippen molar-refractivity contribution < 1.29 is 4.21 Å². The summed E-state index contributed by atoms with van der Waals surface area (Å²) in [6.45, 7) is 6.29. The monoisotopic (exact) mass is 315 g/mol. The molecular weight excluding hydrogens is 298 g/mol. The molecule has 0 aromatic heterocycles. The average Bonchev–Trinajstić information content (AvgIpc) is 2.23. The third kappa shape index (κ3) is 2.98. The van der Waals surface area contributed by atoms with Crippen LogP contribution in [-0.4, -0.2) is 20.8 Å². The van der Waals surface area contributed by atoms with E-state index in [1.807, 2.05) is 12.1 Å². The van der Waals surface area contributed by atoms with Crippen molar-refractivity contribution in [2.45, 2.75) is 37.6 Å². The Morgan fingerprint density at radius 2 is 2.18 bits per heavy atom. The summed E-state index contributed by atoms with van der Waals surface area (Å²) in [5.41, 5.74) is 1.14. The van der Waals surface area contributed by atoms with E-state index in [9.17, 15) is 4.21 Å². The first-order valence-electron chi connectivity index (χ1n) is 5.79. The van der Waals surface area contributed by atoms with Gasteiger partial charge in [-0.05, 0) is 38.5 Å². The lowest BCUT2D eigenvalue weighted by molar-refractivity contribution is 0.344. The number of benzene rings is 1. The molecule has 3 atom stereocenters. The van der Waals surface area contributed by atoms with Crippen molar-refractivity contribution >= 4 is 26.7 Å². The highest BCUT2D eigenvalue weighted by molar-refractivity contribution is 9.10. The minimum atomic E-state index is -0.769. The Morgan fingerprint density at radius 1 is 1.47 bits per heavy atom. The van der Waals surface area contributed by atoms with E-state index in [1.165, 1.54) is 5.56 Å². The molecular formula is C13H18BrNOS. The maximum absolute atomic E-state index is 12.1. The highest BCUT2D eigenvalue weighted by Gasteiger charge is 2.37. The molecule has 4 heteroatoms. The molecule has 0 radical (unpaired) electrons. The quantitative estimate of drug-likeness (QED) is 0.863. The number of halogens is 1. The Bertz CT molecular complexity index is 447. The number of nitrogens with one attached hydrogen (secondary N) is 1. The predicted molar refractivity (Wildman–Crippen MR) is 76.6 cm³/mol. The van der Waals surface area contributed by atoms with Gasteiger partial charge in [0.1, 0.15) is 0 Å². The van der Waals surface area contributed by atoms with E-state index in [0.717, 1.165) is 10.2 Å². The highest BCUT2D eigenvalue weighted by atomic mass is 79.9. The summed E-state index contributed by atoms with van der Waals surface area (Å²) in [5, 5.41) is 3.75. The lowest BCUT2D eigenvalue weighted by Crippen LogP contribution is -2.55. The minimum absolute atomic E-state index is 0.0651. The lowest BCUT2D eigenvalue weighted by Gasteiger charge is -2.40. The second kappa shape index (κ2) is 4.82. The zero-order valence-corrected chi connectivity index (χ0v) is 12.8. The van der Waals surface area contributed by atoms with Gasteiger partial charge in [0, 0.05) is 32.6 Å². The van der Waals surface area contributed by atoms with E-state index in [1.54, 1.807) is 0 Å². The largest absolute Gasteiger partial charge is 0.303 e. The van der Waals surface area contributed by atoms with E-state index in [2.05, 4.69) is 54.2 Å². The van der Waals surface area contributed by atoms with Gasteiger partial charge in [0.05, 0.1) is 5.25 Å². The van der Waals surface area contributed by atoms with E-state index >= 15 is 0 Å². The normalized spacial score (nSPS) is 32.4. The van der Waals surface area contributed by atoms with Gasteiger partial charge >= 0.3 is 0 Å². The summed E-state index contributed by atoms with van der Waals surface area (Å²) < 4.78 is 13.2. The molecule has 1 aliphatic heterocycles. The maximum Gasteiger partial charge on any atom is 0.0515 e. The molecule has 0 spiro atoms. The summed E-state index contributed by atoms with van der Waals surface area (Å²) >= 11 is 3.49. The molecule has 0 amide bonds. The molecule has 0 bridgehead atoms. The second-order valence-electron chi connectivity index (χ2n) is 5.29. The average molecular weight is 316 g/mol. The van der Waals surface area contributed by atoms with Crippen molar-refractivity contribution in [3.63, 3.8) is 0 Å². The number of hydrogen-bond acceptors (Lipinski definition) is 2. The van der Waals surface area contributed by atoms with Crippen LogP contribution in [0.2, 0.25) is 0 Å². The Hall–Kier alpha value is -0.190. The van der Waals surface area contributed by atoms with Crippen LogP contribution in [0.4, 0.5) is 0 Å². The summed E-state index contributed by atoms with van der Waals surface area (Å²) in [5.74, 6) is 0.721. The lowest BCUT2D eigenvalue weighted by atomic mass is 9.99. The summed E-state index contributed by atoms with van der Waals surface area (Å²) in [6.07, 6.45) is 0. The van der Waals surface area contributed by atoms with Gasteiger partial charge in [-0.25, -0.2) is 0 Å². The van der Waals surface area contributed by atoms with Gasteiger partial charge in [-0.2, -0.15) is 0 Å². The van der Waals surface area contributed by atoms with Gasteiger partial charge < -0.3 is 5.32 Å². The van der Waals surface area contributed by atoms with Crippen LogP contribution < -0.4 is 5.32 Å². The molecule has 1 fully saturated rings. The predicted octanol–water partition coefficient (Wildman–Crippen LogP) is 3.01. The van der Waals surface area contributed by atoms with Crippen LogP contribution in [0.15, 0.2) is 28.7 Å². The van der Waals surface area contributed by atoms with Crippen LogP contribution >= 0.6 is 15.9 Å². The third-order valence-electron chi connectivity index (χ3n) is 3.14. The fourth-order valence-corrected chi connectivity index (χ4v) is 4.28. The van der Waals surface area contributed by atoms with Crippen LogP contribution in [-0.2, 0) is 10.8 Å². The SMILES string of the molecule is CC1C(c2cccc(Br)c2)NC(C)(C)CS1=O. The highest BCUT2D eigenvalue weighted by Crippen LogP contribution is 2.30. The minimum Gasteiger partial charge on any atom is -0.303 e. The van der Waals surface area contributed by atoms with Gasteiger partial charge in [0.15, 0.2) is 0 Å². The van der Waals surface area contributed by atoms with Crippen molar-refractivity contribution in [1.82, 2.24) is 5.32 Å². The Morgan fingerprint density at radius 3 is 2.82 bits per heavy atom. The molecule has 1 aromatic rings. The standard InChI is InChI=1S/C13H18BrNOS/c1-9-12(10-5-4-6-11(14)7-10)15-13(2,3)8-17(9)16/h4-7,9,12,15H,8H2,1-3H3. The summed E-state index contributed by atoms with van der Waals surface area (Å²) in [6, 6.07) is 8.40. The molecule has 1 saturated heterocycles. The van der Waals surface area contributed by atoms with Crippen LogP contribution in [0.3, 0.4) is 0 Å². The molecule has 0 saturated carbocycles. The van der Waals surface area contributed by atoms with Crippen molar-refractivity contribution in [3.05, 3.63) is 34.3 Å². The molecule has 1 aromatic carbocycles. The Labute approximate surface area is 114 Å². The van der Waals surface area contributed by atoms with Gasteiger partial charge in [-0.15, -0.1) is 0 Å². The van der Waals surface area contributed by atoms with E-state index in [-0.39, 0.29) is 16.8 Å². The fraction of sp³-hybridized carbons (Fsp3) is 0.538. The van der Waals surface area contributed by atoms with Crippen molar-refractivity contribution in [3.8, 4) is 0 Å². The first kappa shape index (κ1) is 13.2. The first-order chi connectivity index (χ1) is 7.89. The molecule has 1 heterocycles. The van der Waals surface area contributed by atoms with Crippen LogP contribution in [0, 0.1) is 0 Å². The zero-order valence-electron chi connectivity index (χ0n) is 10.4. The molecule has 3 unspecified atom stereocenters. The molecule has 2 nitrogen and oxygen atoms in total. The summed E-state index contributed by atoms with van der Waals surface area (Å²) in [7, 11) is -0.769. The summed E-state index contributed by atoms with van der Waals surface area (Å²) in [4.78, 5) is 0. The molecule has 1 N–H and O–H groups in total. The molecule has 0 aliphatic carbocycles. The smallest absolute Gasteiger partial charge is 0.0515 e. The number of hydrogen-bond donors (Lipinski definition) is 1. The van der Waals surface area contributed by atoms with Crippen molar-refractivity contribution in [2.24, 2.45) is 0 Å². The van der Waals surface area contributed by atoms with Crippen LogP contribution in [0.1, 0.15) is 32.4 Å².